The Balaban J connectivity index is 1.82. The number of rotatable bonds is 3. The van der Waals surface area contributed by atoms with Crippen molar-refractivity contribution < 1.29 is 9.53 Å². The minimum Gasteiger partial charge on any atom is -0.378 e. The van der Waals surface area contributed by atoms with E-state index in [9.17, 15) is 4.79 Å². The molecule has 98 valence electrons. The fourth-order valence-electron chi connectivity index (χ4n) is 2.91. The molecule has 0 aromatic rings. The highest BCUT2D eigenvalue weighted by Gasteiger charge is 2.34. The Morgan fingerprint density at radius 1 is 1.35 bits per heavy atom. The van der Waals surface area contributed by atoms with Crippen molar-refractivity contribution in [3.05, 3.63) is 0 Å². The van der Waals surface area contributed by atoms with Crippen LogP contribution < -0.4 is 5.32 Å². The maximum absolute atomic E-state index is 12.3. The van der Waals surface area contributed by atoms with Crippen LogP contribution in [0.25, 0.3) is 0 Å². The number of carbonyl (C=O) groups is 1. The third-order valence-corrected chi connectivity index (χ3v) is 4.00. The van der Waals surface area contributed by atoms with E-state index in [4.69, 9.17) is 4.74 Å². The highest BCUT2D eigenvalue weighted by Crippen LogP contribution is 2.21. The van der Waals surface area contributed by atoms with Gasteiger partial charge in [0.15, 0.2) is 0 Å². The topological polar surface area (TPSA) is 41.6 Å². The molecule has 0 aromatic heterocycles. The molecular formula is C13H24N2O2. The summed E-state index contributed by atoms with van der Waals surface area (Å²) in [5.41, 5.74) is 0. The molecule has 2 unspecified atom stereocenters. The molecule has 4 heteroatoms. The number of nitrogens with one attached hydrogen (secondary N) is 1. The monoisotopic (exact) mass is 240 g/mol. The first kappa shape index (κ1) is 12.8. The number of amides is 1. The minimum atomic E-state index is 0.193. The maximum atomic E-state index is 12.3. The number of hydrogen-bond donors (Lipinski definition) is 1. The Labute approximate surface area is 104 Å². The van der Waals surface area contributed by atoms with Crippen LogP contribution in [0.3, 0.4) is 0 Å². The normalized spacial score (nSPS) is 30.8. The molecule has 4 nitrogen and oxygen atoms in total. The van der Waals surface area contributed by atoms with Crippen molar-refractivity contribution in [1.82, 2.24) is 10.2 Å². The van der Waals surface area contributed by atoms with E-state index in [2.05, 4.69) is 12.2 Å². The quantitative estimate of drug-likeness (QED) is 0.800. The molecule has 0 bridgehead atoms. The zero-order valence-corrected chi connectivity index (χ0v) is 10.9. The first-order chi connectivity index (χ1) is 8.22. The smallest absolute Gasteiger partial charge is 0.227 e. The van der Waals surface area contributed by atoms with E-state index in [-0.39, 0.29) is 5.92 Å². The number of ether oxygens (including phenoxy) is 1. The lowest BCUT2D eigenvalue weighted by Crippen LogP contribution is -2.45. The first-order valence-corrected chi connectivity index (χ1v) is 6.86. The SMILES string of the molecule is CCOC1CCN(C(=O)C2CCNC2C)CC1. The fourth-order valence-corrected chi connectivity index (χ4v) is 2.91. The van der Waals surface area contributed by atoms with Crippen molar-refractivity contribution in [2.45, 2.75) is 45.3 Å². The Morgan fingerprint density at radius 3 is 2.59 bits per heavy atom. The lowest BCUT2D eigenvalue weighted by Gasteiger charge is -2.34. The summed E-state index contributed by atoms with van der Waals surface area (Å²) in [6.45, 7) is 7.64. The van der Waals surface area contributed by atoms with Gasteiger partial charge in [0.05, 0.1) is 12.0 Å². The highest BCUT2D eigenvalue weighted by molar-refractivity contribution is 5.80. The van der Waals surface area contributed by atoms with E-state index in [1.165, 1.54) is 0 Å². The van der Waals surface area contributed by atoms with E-state index in [0.29, 0.717) is 18.1 Å². The van der Waals surface area contributed by atoms with Gasteiger partial charge in [0.2, 0.25) is 5.91 Å². The zero-order valence-electron chi connectivity index (χ0n) is 10.9. The van der Waals surface area contributed by atoms with Crippen LogP contribution in [0.5, 0.6) is 0 Å². The zero-order chi connectivity index (χ0) is 12.3. The minimum absolute atomic E-state index is 0.193. The van der Waals surface area contributed by atoms with Gasteiger partial charge in [0.25, 0.3) is 0 Å². The van der Waals surface area contributed by atoms with E-state index < -0.39 is 0 Å². The van der Waals surface area contributed by atoms with Crippen LogP contribution in [0.15, 0.2) is 0 Å². The molecule has 1 N–H and O–H groups in total. The predicted octanol–water partition coefficient (Wildman–Crippen LogP) is 1.01. The molecular weight excluding hydrogens is 216 g/mol. The lowest BCUT2D eigenvalue weighted by atomic mass is 9.98. The molecule has 2 aliphatic heterocycles. The second-order valence-electron chi connectivity index (χ2n) is 5.12. The fraction of sp³-hybridized carbons (Fsp3) is 0.923. The molecule has 0 saturated carbocycles. The molecule has 1 amide bonds. The van der Waals surface area contributed by atoms with Gasteiger partial charge in [0.1, 0.15) is 0 Å². The maximum Gasteiger partial charge on any atom is 0.227 e. The Hall–Kier alpha value is -0.610. The van der Waals surface area contributed by atoms with Gasteiger partial charge in [-0.15, -0.1) is 0 Å². The third-order valence-electron chi connectivity index (χ3n) is 4.00. The van der Waals surface area contributed by atoms with Crippen LogP contribution in [0.4, 0.5) is 0 Å². The summed E-state index contributed by atoms with van der Waals surface area (Å²) in [6.07, 6.45) is 3.34. The van der Waals surface area contributed by atoms with Gasteiger partial charge in [-0.1, -0.05) is 0 Å². The summed E-state index contributed by atoms with van der Waals surface area (Å²) in [7, 11) is 0. The van der Waals surface area contributed by atoms with Crippen molar-refractivity contribution >= 4 is 5.91 Å². The molecule has 0 radical (unpaired) electrons. The van der Waals surface area contributed by atoms with Crippen LogP contribution in [0.1, 0.15) is 33.1 Å². The van der Waals surface area contributed by atoms with E-state index in [1.54, 1.807) is 0 Å². The van der Waals surface area contributed by atoms with Gasteiger partial charge in [0, 0.05) is 25.7 Å². The number of likely N-dealkylation sites (tertiary alicyclic amines) is 1. The summed E-state index contributed by atoms with van der Waals surface area (Å²) in [6, 6.07) is 0.340. The van der Waals surface area contributed by atoms with Crippen molar-refractivity contribution in [2.75, 3.05) is 26.2 Å². The average Bonchev–Trinajstić information content (AvgIpc) is 2.76. The Kier molecular flexibility index (Phi) is 4.40. The van der Waals surface area contributed by atoms with Gasteiger partial charge in [-0.3, -0.25) is 4.79 Å². The molecule has 2 aliphatic rings. The average molecular weight is 240 g/mol. The van der Waals surface area contributed by atoms with Gasteiger partial charge in [-0.2, -0.15) is 0 Å². The predicted molar refractivity (Wildman–Crippen MR) is 66.8 cm³/mol. The molecule has 17 heavy (non-hydrogen) atoms. The molecule has 0 aromatic carbocycles. The third kappa shape index (κ3) is 2.99. The molecule has 2 rings (SSSR count). The van der Waals surface area contributed by atoms with E-state index in [1.807, 2.05) is 11.8 Å². The van der Waals surface area contributed by atoms with Gasteiger partial charge in [-0.05, 0) is 39.7 Å². The van der Waals surface area contributed by atoms with Gasteiger partial charge < -0.3 is 15.0 Å². The van der Waals surface area contributed by atoms with Gasteiger partial charge >= 0.3 is 0 Å². The second-order valence-corrected chi connectivity index (χ2v) is 5.12. The van der Waals surface area contributed by atoms with Crippen LogP contribution >= 0.6 is 0 Å². The Morgan fingerprint density at radius 2 is 2.06 bits per heavy atom. The molecule has 2 heterocycles. The highest BCUT2D eigenvalue weighted by atomic mass is 16.5. The molecule has 2 atom stereocenters. The largest absolute Gasteiger partial charge is 0.378 e. The summed E-state index contributed by atoms with van der Waals surface area (Å²) in [4.78, 5) is 14.4. The molecule has 2 fully saturated rings. The van der Waals surface area contributed by atoms with Crippen molar-refractivity contribution in [1.29, 1.82) is 0 Å². The summed E-state index contributed by atoms with van der Waals surface area (Å²) < 4.78 is 5.61. The first-order valence-electron chi connectivity index (χ1n) is 6.86. The lowest BCUT2D eigenvalue weighted by molar-refractivity contribution is -0.138. The Bertz CT molecular complexity index is 262. The van der Waals surface area contributed by atoms with Crippen LogP contribution in [-0.4, -0.2) is 49.2 Å². The van der Waals surface area contributed by atoms with Crippen molar-refractivity contribution in [2.24, 2.45) is 5.92 Å². The second kappa shape index (κ2) is 5.83. The van der Waals surface area contributed by atoms with Crippen LogP contribution in [-0.2, 0) is 9.53 Å². The molecule has 2 saturated heterocycles. The van der Waals surface area contributed by atoms with Crippen LogP contribution in [0.2, 0.25) is 0 Å². The van der Waals surface area contributed by atoms with Crippen LogP contribution in [0, 0.1) is 5.92 Å². The summed E-state index contributed by atoms with van der Waals surface area (Å²) >= 11 is 0. The van der Waals surface area contributed by atoms with Crippen molar-refractivity contribution in [3.63, 3.8) is 0 Å². The van der Waals surface area contributed by atoms with E-state index in [0.717, 1.165) is 45.5 Å². The number of piperidine rings is 1. The molecule has 0 aliphatic carbocycles. The van der Waals surface area contributed by atoms with Crippen molar-refractivity contribution in [3.8, 4) is 0 Å². The summed E-state index contributed by atoms with van der Waals surface area (Å²) in [5.74, 6) is 0.538. The number of carbonyl (C=O) groups excluding carboxylic acids is 1. The standard InChI is InChI=1S/C13H24N2O2/c1-3-17-11-5-8-15(9-6-11)13(16)12-4-7-14-10(12)2/h10-12,14H,3-9H2,1-2H3. The summed E-state index contributed by atoms with van der Waals surface area (Å²) in [5, 5.41) is 3.35. The number of nitrogens with zero attached hydrogens (tertiary/aromatic N) is 1. The van der Waals surface area contributed by atoms with E-state index >= 15 is 0 Å². The molecule has 0 spiro atoms. The van der Waals surface area contributed by atoms with Gasteiger partial charge in [-0.25, -0.2) is 0 Å². The number of hydrogen-bond acceptors (Lipinski definition) is 3.